The van der Waals surface area contributed by atoms with Crippen LogP contribution in [0.2, 0.25) is 0 Å². The highest BCUT2D eigenvalue weighted by atomic mass is 32.1. The molecule has 0 atom stereocenters. The lowest BCUT2D eigenvalue weighted by atomic mass is 10.0. The second-order valence-electron chi connectivity index (χ2n) is 6.28. The van der Waals surface area contributed by atoms with Gasteiger partial charge in [0.1, 0.15) is 17.5 Å². The van der Waals surface area contributed by atoms with Gasteiger partial charge in [-0.1, -0.05) is 54.6 Å². The van der Waals surface area contributed by atoms with E-state index in [2.05, 4.69) is 35.3 Å². The SMILES string of the molecule is Cc1ccc(-c2cc(-c3ccc(-c4ccccc4)cc3)nc(N)c2C#N)s1. The molecule has 130 valence electrons. The Hall–Kier alpha value is -3.42. The minimum absolute atomic E-state index is 0.267. The molecule has 0 saturated carbocycles. The molecule has 0 aliphatic heterocycles. The van der Waals surface area contributed by atoms with E-state index >= 15 is 0 Å². The number of hydrogen-bond acceptors (Lipinski definition) is 4. The zero-order valence-electron chi connectivity index (χ0n) is 14.8. The first kappa shape index (κ1) is 17.0. The fraction of sp³-hybridized carbons (Fsp3) is 0.0435. The highest BCUT2D eigenvalue weighted by Crippen LogP contribution is 2.35. The Morgan fingerprint density at radius 2 is 1.56 bits per heavy atom. The zero-order chi connectivity index (χ0) is 18.8. The van der Waals surface area contributed by atoms with Crippen molar-refractivity contribution in [2.45, 2.75) is 6.92 Å². The maximum absolute atomic E-state index is 9.53. The quantitative estimate of drug-likeness (QED) is 0.490. The van der Waals surface area contributed by atoms with E-state index in [1.807, 2.05) is 55.5 Å². The van der Waals surface area contributed by atoms with Gasteiger partial charge < -0.3 is 5.73 Å². The normalized spacial score (nSPS) is 10.5. The molecule has 0 fully saturated rings. The molecule has 0 spiro atoms. The lowest BCUT2D eigenvalue weighted by Gasteiger charge is -2.09. The van der Waals surface area contributed by atoms with Crippen LogP contribution in [0.3, 0.4) is 0 Å². The number of pyridine rings is 1. The van der Waals surface area contributed by atoms with Crippen LogP contribution in [0.4, 0.5) is 5.82 Å². The van der Waals surface area contributed by atoms with Crippen molar-refractivity contribution in [3.05, 3.63) is 83.2 Å². The molecule has 3 nitrogen and oxygen atoms in total. The van der Waals surface area contributed by atoms with Crippen LogP contribution in [0, 0.1) is 18.3 Å². The maximum atomic E-state index is 9.53. The van der Waals surface area contributed by atoms with Gasteiger partial charge in [0, 0.05) is 20.9 Å². The smallest absolute Gasteiger partial charge is 0.142 e. The number of nitriles is 1. The van der Waals surface area contributed by atoms with E-state index < -0.39 is 0 Å². The fourth-order valence-electron chi connectivity index (χ4n) is 3.07. The van der Waals surface area contributed by atoms with Gasteiger partial charge in [0.25, 0.3) is 0 Å². The Labute approximate surface area is 162 Å². The summed E-state index contributed by atoms with van der Waals surface area (Å²) < 4.78 is 0. The van der Waals surface area contributed by atoms with Crippen molar-refractivity contribution in [2.75, 3.05) is 5.73 Å². The maximum Gasteiger partial charge on any atom is 0.142 e. The first-order valence-corrected chi connectivity index (χ1v) is 9.40. The number of nitrogens with two attached hydrogens (primary N) is 1. The van der Waals surface area contributed by atoms with Gasteiger partial charge in [-0.25, -0.2) is 4.98 Å². The van der Waals surface area contributed by atoms with Gasteiger partial charge >= 0.3 is 0 Å². The highest BCUT2D eigenvalue weighted by Gasteiger charge is 2.14. The van der Waals surface area contributed by atoms with Crippen molar-refractivity contribution < 1.29 is 0 Å². The number of anilines is 1. The fourth-order valence-corrected chi connectivity index (χ4v) is 3.96. The van der Waals surface area contributed by atoms with E-state index in [1.54, 1.807) is 11.3 Å². The Morgan fingerprint density at radius 1 is 0.889 bits per heavy atom. The third-order valence-electron chi connectivity index (χ3n) is 4.45. The second kappa shape index (κ2) is 7.06. The van der Waals surface area contributed by atoms with Crippen LogP contribution in [-0.2, 0) is 0 Å². The molecule has 0 saturated heterocycles. The number of benzene rings is 2. The van der Waals surface area contributed by atoms with E-state index in [1.165, 1.54) is 10.4 Å². The van der Waals surface area contributed by atoms with E-state index in [-0.39, 0.29) is 5.82 Å². The molecule has 0 unspecified atom stereocenters. The van der Waals surface area contributed by atoms with Gasteiger partial charge in [0.05, 0.1) is 5.69 Å². The molecule has 0 amide bonds. The largest absolute Gasteiger partial charge is 0.383 e. The molecule has 27 heavy (non-hydrogen) atoms. The van der Waals surface area contributed by atoms with Crippen LogP contribution in [0.15, 0.2) is 72.8 Å². The first-order chi connectivity index (χ1) is 13.2. The van der Waals surface area contributed by atoms with E-state index in [0.717, 1.165) is 27.3 Å². The number of aryl methyl sites for hydroxylation is 1. The van der Waals surface area contributed by atoms with Crippen LogP contribution in [0.5, 0.6) is 0 Å². The van der Waals surface area contributed by atoms with Gasteiger partial charge in [-0.15, -0.1) is 11.3 Å². The molecule has 0 aliphatic carbocycles. The summed E-state index contributed by atoms with van der Waals surface area (Å²) in [6.45, 7) is 2.05. The van der Waals surface area contributed by atoms with Gasteiger partial charge in [-0.05, 0) is 36.2 Å². The summed E-state index contributed by atoms with van der Waals surface area (Å²) >= 11 is 1.65. The number of thiophene rings is 1. The van der Waals surface area contributed by atoms with Crippen LogP contribution in [-0.4, -0.2) is 4.98 Å². The molecule has 2 aromatic carbocycles. The highest BCUT2D eigenvalue weighted by molar-refractivity contribution is 7.15. The average Bonchev–Trinajstić information content (AvgIpc) is 3.14. The number of nitrogens with zero attached hydrogens (tertiary/aromatic N) is 2. The van der Waals surface area contributed by atoms with Crippen molar-refractivity contribution in [1.82, 2.24) is 4.98 Å². The van der Waals surface area contributed by atoms with Gasteiger partial charge in [-0.2, -0.15) is 5.26 Å². The molecule has 0 aliphatic rings. The Balaban J connectivity index is 1.78. The third-order valence-corrected chi connectivity index (χ3v) is 5.49. The number of nitrogen functional groups attached to an aromatic ring is 1. The Morgan fingerprint density at radius 3 is 2.19 bits per heavy atom. The van der Waals surface area contributed by atoms with Crippen LogP contribution < -0.4 is 5.73 Å². The molecule has 2 heterocycles. The number of aromatic nitrogens is 1. The summed E-state index contributed by atoms with van der Waals surface area (Å²) in [5.74, 6) is 0.267. The molecule has 4 heteroatoms. The van der Waals surface area contributed by atoms with Crippen molar-refractivity contribution >= 4 is 17.2 Å². The Bertz CT molecular complexity index is 1140. The summed E-state index contributed by atoms with van der Waals surface area (Å²) in [5.41, 5.74) is 11.4. The van der Waals surface area contributed by atoms with Crippen LogP contribution >= 0.6 is 11.3 Å². The lowest BCUT2D eigenvalue weighted by molar-refractivity contribution is 1.31. The predicted octanol–water partition coefficient (Wildman–Crippen LogP) is 5.91. The van der Waals surface area contributed by atoms with E-state index in [4.69, 9.17) is 5.73 Å². The standard InChI is InChI=1S/C23H17N3S/c1-15-7-12-22(27-15)19-13-21(26-23(25)20(19)14-24)18-10-8-17(9-11-18)16-5-3-2-4-6-16/h2-13H,1H3,(H2,25,26). The number of hydrogen-bond donors (Lipinski definition) is 1. The Kier molecular flexibility index (Phi) is 4.45. The second-order valence-corrected chi connectivity index (χ2v) is 7.57. The summed E-state index contributed by atoms with van der Waals surface area (Å²) in [4.78, 5) is 6.69. The third kappa shape index (κ3) is 3.33. The van der Waals surface area contributed by atoms with Crippen molar-refractivity contribution in [3.8, 4) is 38.9 Å². The minimum atomic E-state index is 0.267. The monoisotopic (exact) mass is 367 g/mol. The minimum Gasteiger partial charge on any atom is -0.383 e. The van der Waals surface area contributed by atoms with E-state index in [9.17, 15) is 5.26 Å². The van der Waals surface area contributed by atoms with Gasteiger partial charge in [0.2, 0.25) is 0 Å². The molecule has 2 N–H and O–H groups in total. The summed E-state index contributed by atoms with van der Waals surface area (Å²) in [6, 6.07) is 26.7. The van der Waals surface area contributed by atoms with Gasteiger partial charge in [0.15, 0.2) is 0 Å². The zero-order valence-corrected chi connectivity index (χ0v) is 15.6. The van der Waals surface area contributed by atoms with Crippen LogP contribution in [0.1, 0.15) is 10.4 Å². The van der Waals surface area contributed by atoms with Gasteiger partial charge in [-0.3, -0.25) is 0 Å². The molecule has 2 aromatic heterocycles. The molecule has 4 aromatic rings. The summed E-state index contributed by atoms with van der Waals surface area (Å²) in [5, 5.41) is 9.53. The molecular formula is C23H17N3S. The summed E-state index contributed by atoms with van der Waals surface area (Å²) in [6.07, 6.45) is 0. The molecular weight excluding hydrogens is 350 g/mol. The van der Waals surface area contributed by atoms with Crippen molar-refractivity contribution in [1.29, 1.82) is 5.26 Å². The number of rotatable bonds is 3. The molecule has 0 bridgehead atoms. The lowest BCUT2D eigenvalue weighted by Crippen LogP contribution is -1.99. The summed E-state index contributed by atoms with van der Waals surface area (Å²) in [7, 11) is 0. The van der Waals surface area contributed by atoms with Crippen molar-refractivity contribution in [3.63, 3.8) is 0 Å². The molecule has 0 radical (unpaired) electrons. The first-order valence-electron chi connectivity index (χ1n) is 8.59. The van der Waals surface area contributed by atoms with Crippen LogP contribution in [0.25, 0.3) is 32.8 Å². The van der Waals surface area contributed by atoms with Crippen molar-refractivity contribution in [2.24, 2.45) is 0 Å². The predicted molar refractivity (Wildman–Crippen MR) is 112 cm³/mol. The molecule has 4 rings (SSSR count). The topological polar surface area (TPSA) is 62.7 Å². The average molecular weight is 367 g/mol. The van der Waals surface area contributed by atoms with E-state index in [0.29, 0.717) is 5.56 Å².